The van der Waals surface area contributed by atoms with Gasteiger partial charge in [-0.05, 0) is 36.4 Å². The quantitative estimate of drug-likeness (QED) is 0.596. The SMILES string of the molecule is CS(=O)(=O)N(CC(=O)N/N=C\c1c(F)cccc1Cl)c1ccc(F)cc1. The van der Waals surface area contributed by atoms with Crippen molar-refractivity contribution < 1.29 is 22.0 Å². The number of hydrogen-bond acceptors (Lipinski definition) is 4. The summed E-state index contributed by atoms with van der Waals surface area (Å²) in [5.41, 5.74) is 2.19. The van der Waals surface area contributed by atoms with Gasteiger partial charge < -0.3 is 0 Å². The van der Waals surface area contributed by atoms with Crippen LogP contribution in [0.2, 0.25) is 5.02 Å². The molecule has 0 atom stereocenters. The molecule has 0 unspecified atom stereocenters. The van der Waals surface area contributed by atoms with E-state index >= 15 is 0 Å². The Morgan fingerprint density at radius 1 is 1.23 bits per heavy atom. The third kappa shape index (κ3) is 5.24. The summed E-state index contributed by atoms with van der Waals surface area (Å²) < 4.78 is 51.1. The fourth-order valence-electron chi connectivity index (χ4n) is 1.98. The third-order valence-corrected chi connectivity index (χ3v) is 4.65. The van der Waals surface area contributed by atoms with Crippen LogP contribution in [0, 0.1) is 11.6 Å². The van der Waals surface area contributed by atoms with Crippen molar-refractivity contribution in [3.8, 4) is 0 Å². The van der Waals surface area contributed by atoms with Crippen LogP contribution >= 0.6 is 11.6 Å². The molecule has 0 radical (unpaired) electrons. The summed E-state index contributed by atoms with van der Waals surface area (Å²) >= 11 is 5.82. The average Bonchev–Trinajstić information content (AvgIpc) is 2.55. The fraction of sp³-hybridized carbons (Fsp3) is 0.125. The first-order chi connectivity index (χ1) is 12.2. The van der Waals surface area contributed by atoms with Crippen LogP contribution in [0.4, 0.5) is 14.5 Å². The number of sulfonamides is 1. The molecule has 0 heterocycles. The smallest absolute Gasteiger partial charge is 0.260 e. The van der Waals surface area contributed by atoms with Crippen LogP contribution in [-0.2, 0) is 14.8 Å². The molecular weight excluding hydrogens is 388 g/mol. The minimum Gasteiger partial charge on any atom is -0.271 e. The summed E-state index contributed by atoms with van der Waals surface area (Å²) in [5.74, 6) is -1.94. The van der Waals surface area contributed by atoms with Crippen molar-refractivity contribution in [2.45, 2.75) is 0 Å². The third-order valence-electron chi connectivity index (χ3n) is 3.18. The predicted molar refractivity (Wildman–Crippen MR) is 95.7 cm³/mol. The number of carbonyl (C=O) groups is 1. The summed E-state index contributed by atoms with van der Waals surface area (Å²) in [6, 6.07) is 8.65. The first-order valence-corrected chi connectivity index (χ1v) is 9.40. The lowest BCUT2D eigenvalue weighted by Crippen LogP contribution is -2.39. The normalized spacial score (nSPS) is 11.5. The second kappa shape index (κ2) is 8.24. The van der Waals surface area contributed by atoms with E-state index in [0.29, 0.717) is 0 Å². The lowest BCUT2D eigenvalue weighted by Gasteiger charge is -2.21. The molecule has 10 heteroatoms. The number of carbonyl (C=O) groups excluding carboxylic acids is 1. The molecule has 0 fully saturated rings. The molecule has 0 aliphatic rings. The Balaban J connectivity index is 2.11. The van der Waals surface area contributed by atoms with E-state index in [1.807, 2.05) is 0 Å². The maximum atomic E-state index is 13.6. The molecule has 0 aliphatic carbocycles. The highest BCUT2D eigenvalue weighted by atomic mass is 35.5. The summed E-state index contributed by atoms with van der Waals surface area (Å²) in [7, 11) is -3.80. The van der Waals surface area contributed by atoms with Gasteiger partial charge >= 0.3 is 0 Å². The van der Waals surface area contributed by atoms with E-state index in [4.69, 9.17) is 11.6 Å². The Bertz CT molecular complexity index is 914. The number of rotatable bonds is 6. The Kier molecular flexibility index (Phi) is 6.27. The first-order valence-electron chi connectivity index (χ1n) is 7.17. The van der Waals surface area contributed by atoms with Crippen LogP contribution in [0.25, 0.3) is 0 Å². The monoisotopic (exact) mass is 401 g/mol. The van der Waals surface area contributed by atoms with Crippen LogP contribution in [0.15, 0.2) is 47.6 Å². The largest absolute Gasteiger partial charge is 0.271 e. The van der Waals surface area contributed by atoms with Crippen LogP contribution in [-0.4, -0.2) is 33.3 Å². The molecule has 0 saturated heterocycles. The van der Waals surface area contributed by atoms with Gasteiger partial charge in [0.2, 0.25) is 10.0 Å². The maximum absolute atomic E-state index is 13.6. The number of nitrogens with one attached hydrogen (secondary N) is 1. The standard InChI is InChI=1S/C16H14ClF2N3O3S/c1-26(24,25)22(12-7-5-11(18)6-8-12)10-16(23)21-20-9-13-14(17)3-2-4-15(13)19/h2-9H,10H2,1H3,(H,21,23)/b20-9-. The number of hydrazone groups is 1. The predicted octanol–water partition coefficient (Wildman–Crippen LogP) is 2.53. The molecule has 1 amide bonds. The van der Waals surface area contributed by atoms with E-state index in [2.05, 4.69) is 10.5 Å². The van der Waals surface area contributed by atoms with Crippen molar-refractivity contribution in [2.75, 3.05) is 17.1 Å². The van der Waals surface area contributed by atoms with Crippen molar-refractivity contribution in [1.29, 1.82) is 0 Å². The topological polar surface area (TPSA) is 78.8 Å². The summed E-state index contributed by atoms with van der Waals surface area (Å²) in [4.78, 5) is 12.0. The van der Waals surface area contributed by atoms with E-state index in [0.717, 1.165) is 28.9 Å². The molecule has 2 rings (SSSR count). The zero-order chi connectivity index (χ0) is 19.3. The minimum absolute atomic E-state index is 0.0204. The van der Waals surface area contributed by atoms with Gasteiger partial charge in [0.1, 0.15) is 18.2 Å². The van der Waals surface area contributed by atoms with Gasteiger partial charge in [-0.2, -0.15) is 5.10 Å². The minimum atomic E-state index is -3.80. The van der Waals surface area contributed by atoms with E-state index in [1.54, 1.807) is 0 Å². The van der Waals surface area contributed by atoms with E-state index in [1.165, 1.54) is 30.3 Å². The van der Waals surface area contributed by atoms with Gasteiger partial charge in [0.15, 0.2) is 0 Å². The molecule has 0 saturated carbocycles. The van der Waals surface area contributed by atoms with Gasteiger partial charge in [0.05, 0.1) is 23.2 Å². The molecule has 26 heavy (non-hydrogen) atoms. The lowest BCUT2D eigenvalue weighted by molar-refractivity contribution is -0.119. The molecule has 6 nitrogen and oxygen atoms in total. The Morgan fingerprint density at radius 2 is 1.88 bits per heavy atom. The van der Waals surface area contributed by atoms with Crippen molar-refractivity contribution in [1.82, 2.24) is 5.43 Å². The second-order valence-electron chi connectivity index (χ2n) is 5.17. The molecule has 1 N–H and O–H groups in total. The molecule has 2 aromatic rings. The number of hydrogen-bond donors (Lipinski definition) is 1. The molecule has 138 valence electrons. The van der Waals surface area contributed by atoms with Gasteiger partial charge in [0.25, 0.3) is 5.91 Å². The molecule has 0 aliphatic heterocycles. The highest BCUT2D eigenvalue weighted by Gasteiger charge is 2.20. The van der Waals surface area contributed by atoms with Gasteiger partial charge in [-0.25, -0.2) is 22.6 Å². The van der Waals surface area contributed by atoms with Crippen molar-refractivity contribution in [3.63, 3.8) is 0 Å². The number of nitrogens with zero attached hydrogens (tertiary/aromatic N) is 2. The highest BCUT2D eigenvalue weighted by Crippen LogP contribution is 2.18. The van der Waals surface area contributed by atoms with E-state index in [9.17, 15) is 22.0 Å². The van der Waals surface area contributed by atoms with Crippen molar-refractivity contribution >= 4 is 39.4 Å². The van der Waals surface area contributed by atoms with Crippen LogP contribution < -0.4 is 9.73 Å². The fourth-order valence-corrected chi connectivity index (χ4v) is 3.04. The molecule has 0 aromatic heterocycles. The van der Waals surface area contributed by atoms with Crippen LogP contribution in [0.1, 0.15) is 5.56 Å². The molecular formula is C16H14ClF2N3O3S. The van der Waals surface area contributed by atoms with Gasteiger partial charge in [0, 0.05) is 5.56 Å². The van der Waals surface area contributed by atoms with Crippen LogP contribution in [0.3, 0.4) is 0 Å². The molecule has 0 bridgehead atoms. The van der Waals surface area contributed by atoms with Gasteiger partial charge in [-0.15, -0.1) is 0 Å². The number of halogens is 3. The maximum Gasteiger partial charge on any atom is 0.260 e. The first kappa shape index (κ1) is 19.8. The van der Waals surface area contributed by atoms with E-state index in [-0.39, 0.29) is 16.3 Å². The Morgan fingerprint density at radius 3 is 2.46 bits per heavy atom. The Hall–Kier alpha value is -2.52. The molecule has 2 aromatic carbocycles. The zero-order valence-electron chi connectivity index (χ0n) is 13.5. The van der Waals surface area contributed by atoms with Gasteiger partial charge in [-0.1, -0.05) is 17.7 Å². The van der Waals surface area contributed by atoms with Crippen molar-refractivity contribution in [2.24, 2.45) is 5.10 Å². The number of anilines is 1. The van der Waals surface area contributed by atoms with Gasteiger partial charge in [-0.3, -0.25) is 9.10 Å². The van der Waals surface area contributed by atoms with Crippen LogP contribution in [0.5, 0.6) is 0 Å². The number of amides is 1. The summed E-state index contributed by atoms with van der Waals surface area (Å²) in [5, 5.41) is 3.68. The zero-order valence-corrected chi connectivity index (χ0v) is 15.1. The Labute approximate surface area is 154 Å². The van der Waals surface area contributed by atoms with Crippen molar-refractivity contribution in [3.05, 3.63) is 64.7 Å². The number of benzene rings is 2. The molecule has 0 spiro atoms. The average molecular weight is 402 g/mol. The highest BCUT2D eigenvalue weighted by molar-refractivity contribution is 7.92. The summed E-state index contributed by atoms with van der Waals surface area (Å²) in [6.45, 7) is -0.590. The lowest BCUT2D eigenvalue weighted by atomic mass is 10.2. The second-order valence-corrected chi connectivity index (χ2v) is 7.49. The summed E-state index contributed by atoms with van der Waals surface area (Å²) in [6.07, 6.45) is 1.92. The van der Waals surface area contributed by atoms with E-state index < -0.39 is 34.1 Å².